The van der Waals surface area contributed by atoms with Gasteiger partial charge in [0.15, 0.2) is 0 Å². The van der Waals surface area contributed by atoms with E-state index in [0.29, 0.717) is 24.2 Å². The Labute approximate surface area is 151 Å². The van der Waals surface area contributed by atoms with Crippen LogP contribution in [0.15, 0.2) is 53.6 Å². The summed E-state index contributed by atoms with van der Waals surface area (Å²) in [5.41, 5.74) is 1.43. The molecule has 0 aliphatic rings. The van der Waals surface area contributed by atoms with Gasteiger partial charge in [0.25, 0.3) is 5.56 Å². The van der Waals surface area contributed by atoms with Crippen molar-refractivity contribution >= 4 is 16.7 Å². The number of hydrogen-bond acceptors (Lipinski definition) is 4. The number of rotatable bonds is 6. The van der Waals surface area contributed by atoms with Crippen LogP contribution in [0.3, 0.4) is 0 Å². The molecule has 0 aliphatic carbocycles. The molecule has 0 unspecified atom stereocenters. The molecule has 134 valence electrons. The molecular weight excluding hydrogens is 328 g/mol. The van der Waals surface area contributed by atoms with E-state index in [1.807, 2.05) is 44.2 Å². The normalized spacial score (nSPS) is 11.0. The Morgan fingerprint density at radius 3 is 2.62 bits per heavy atom. The summed E-state index contributed by atoms with van der Waals surface area (Å²) in [6, 6.07) is 11.0. The van der Waals surface area contributed by atoms with Gasteiger partial charge in [0.2, 0.25) is 5.91 Å². The van der Waals surface area contributed by atoms with Crippen LogP contribution in [0.2, 0.25) is 0 Å². The second-order valence-corrected chi connectivity index (χ2v) is 6.69. The molecule has 2 aromatic heterocycles. The molecule has 0 atom stereocenters. The standard InChI is InChI=1S/C20H22N4O2/c1-14(2)13-24-20(26)17-8-4-3-7-16(17)18(23-24)10-19(25)22-12-15-6-5-9-21-11-15/h3-9,11,14H,10,12-13H2,1-2H3,(H,22,25). The van der Waals surface area contributed by atoms with E-state index in [9.17, 15) is 9.59 Å². The van der Waals surface area contributed by atoms with Gasteiger partial charge in [0, 0.05) is 30.9 Å². The van der Waals surface area contributed by atoms with Crippen molar-refractivity contribution < 1.29 is 4.79 Å². The van der Waals surface area contributed by atoms with E-state index in [1.54, 1.807) is 18.5 Å². The maximum absolute atomic E-state index is 12.6. The zero-order chi connectivity index (χ0) is 18.5. The minimum absolute atomic E-state index is 0.117. The van der Waals surface area contributed by atoms with Crippen LogP contribution in [-0.4, -0.2) is 20.7 Å². The van der Waals surface area contributed by atoms with E-state index in [4.69, 9.17) is 0 Å². The summed E-state index contributed by atoms with van der Waals surface area (Å²) in [5.74, 6) is 0.148. The van der Waals surface area contributed by atoms with Gasteiger partial charge >= 0.3 is 0 Å². The first-order valence-electron chi connectivity index (χ1n) is 8.69. The molecular formula is C20H22N4O2. The Kier molecular flexibility index (Phi) is 5.41. The molecule has 1 amide bonds. The summed E-state index contributed by atoms with van der Waals surface area (Å²) in [6.07, 6.45) is 3.54. The van der Waals surface area contributed by atoms with Crippen molar-refractivity contribution in [3.63, 3.8) is 0 Å². The molecule has 6 nitrogen and oxygen atoms in total. The van der Waals surface area contributed by atoms with E-state index in [2.05, 4.69) is 15.4 Å². The zero-order valence-corrected chi connectivity index (χ0v) is 15.0. The lowest BCUT2D eigenvalue weighted by atomic mass is 10.1. The Bertz CT molecular complexity index is 964. The zero-order valence-electron chi connectivity index (χ0n) is 15.0. The SMILES string of the molecule is CC(C)Cn1nc(CC(=O)NCc2cccnc2)c2ccccc2c1=O. The highest BCUT2D eigenvalue weighted by atomic mass is 16.1. The highest BCUT2D eigenvalue weighted by molar-refractivity contribution is 5.88. The third-order valence-corrected chi connectivity index (χ3v) is 4.02. The summed E-state index contributed by atoms with van der Waals surface area (Å²) >= 11 is 0. The molecule has 2 heterocycles. The quantitative estimate of drug-likeness (QED) is 0.740. The molecule has 26 heavy (non-hydrogen) atoms. The maximum atomic E-state index is 12.6. The number of nitrogens with one attached hydrogen (secondary N) is 1. The number of nitrogens with zero attached hydrogens (tertiary/aromatic N) is 3. The Balaban J connectivity index is 1.85. The van der Waals surface area contributed by atoms with Gasteiger partial charge < -0.3 is 5.32 Å². The summed E-state index contributed by atoms with van der Waals surface area (Å²) in [4.78, 5) is 29.0. The van der Waals surface area contributed by atoms with Gasteiger partial charge in [0.05, 0.1) is 17.5 Å². The molecule has 0 fully saturated rings. The van der Waals surface area contributed by atoms with Crippen LogP contribution in [0.4, 0.5) is 0 Å². The van der Waals surface area contributed by atoms with E-state index in [-0.39, 0.29) is 23.8 Å². The van der Waals surface area contributed by atoms with Crippen molar-refractivity contribution in [2.75, 3.05) is 0 Å². The van der Waals surface area contributed by atoms with Gasteiger partial charge in [-0.15, -0.1) is 0 Å². The third kappa shape index (κ3) is 4.14. The summed E-state index contributed by atoms with van der Waals surface area (Å²) in [7, 11) is 0. The fraction of sp³-hybridized carbons (Fsp3) is 0.300. The highest BCUT2D eigenvalue weighted by Gasteiger charge is 2.14. The first kappa shape index (κ1) is 17.8. The predicted molar refractivity (Wildman–Crippen MR) is 101 cm³/mol. The van der Waals surface area contributed by atoms with Gasteiger partial charge in [-0.2, -0.15) is 5.10 Å². The van der Waals surface area contributed by atoms with Crippen LogP contribution >= 0.6 is 0 Å². The fourth-order valence-corrected chi connectivity index (χ4v) is 2.82. The smallest absolute Gasteiger partial charge is 0.274 e. The summed E-state index contributed by atoms with van der Waals surface area (Å²) in [5, 5.41) is 8.67. The lowest BCUT2D eigenvalue weighted by Crippen LogP contribution is -2.29. The Morgan fingerprint density at radius 2 is 1.92 bits per heavy atom. The molecule has 3 aromatic rings. The predicted octanol–water partition coefficient (Wildman–Crippen LogP) is 2.31. The summed E-state index contributed by atoms with van der Waals surface area (Å²) in [6.45, 7) is 5.00. The largest absolute Gasteiger partial charge is 0.352 e. The molecule has 6 heteroatoms. The number of carbonyl (C=O) groups is 1. The first-order chi connectivity index (χ1) is 12.5. The van der Waals surface area contributed by atoms with E-state index in [0.717, 1.165) is 10.9 Å². The maximum Gasteiger partial charge on any atom is 0.274 e. The number of hydrogen-bond donors (Lipinski definition) is 1. The Morgan fingerprint density at radius 1 is 1.15 bits per heavy atom. The summed E-state index contributed by atoms with van der Waals surface area (Å²) < 4.78 is 1.47. The molecule has 0 aliphatic heterocycles. The number of aromatic nitrogens is 3. The van der Waals surface area contributed by atoms with Crippen molar-refractivity contribution in [3.05, 3.63) is 70.4 Å². The minimum atomic E-state index is -0.138. The number of amides is 1. The monoisotopic (exact) mass is 350 g/mol. The molecule has 1 N–H and O–H groups in total. The average Bonchev–Trinajstić information content (AvgIpc) is 2.64. The van der Waals surface area contributed by atoms with E-state index < -0.39 is 0 Å². The number of fused-ring (bicyclic) bond motifs is 1. The van der Waals surface area contributed by atoms with Crippen LogP contribution in [0.1, 0.15) is 25.1 Å². The molecule has 0 saturated carbocycles. The second kappa shape index (κ2) is 7.91. The first-order valence-corrected chi connectivity index (χ1v) is 8.69. The molecule has 0 spiro atoms. The lowest BCUT2D eigenvalue weighted by molar-refractivity contribution is -0.120. The molecule has 0 bridgehead atoms. The van der Waals surface area contributed by atoms with Crippen molar-refractivity contribution in [1.82, 2.24) is 20.1 Å². The van der Waals surface area contributed by atoms with Crippen molar-refractivity contribution in [2.24, 2.45) is 5.92 Å². The van der Waals surface area contributed by atoms with Gasteiger partial charge in [-0.25, -0.2) is 4.68 Å². The number of pyridine rings is 1. The average molecular weight is 350 g/mol. The van der Waals surface area contributed by atoms with E-state index >= 15 is 0 Å². The topological polar surface area (TPSA) is 76.9 Å². The van der Waals surface area contributed by atoms with Gasteiger partial charge in [-0.05, 0) is 23.6 Å². The van der Waals surface area contributed by atoms with Crippen molar-refractivity contribution in [3.8, 4) is 0 Å². The van der Waals surface area contributed by atoms with E-state index in [1.165, 1.54) is 4.68 Å². The van der Waals surface area contributed by atoms with Crippen molar-refractivity contribution in [1.29, 1.82) is 0 Å². The fourth-order valence-electron chi connectivity index (χ4n) is 2.82. The van der Waals surface area contributed by atoms with Gasteiger partial charge in [-0.3, -0.25) is 14.6 Å². The molecule has 3 rings (SSSR count). The third-order valence-electron chi connectivity index (χ3n) is 4.02. The minimum Gasteiger partial charge on any atom is -0.352 e. The van der Waals surface area contributed by atoms with Crippen LogP contribution in [0.5, 0.6) is 0 Å². The van der Waals surface area contributed by atoms with Crippen molar-refractivity contribution in [2.45, 2.75) is 33.4 Å². The van der Waals surface area contributed by atoms with Gasteiger partial charge in [-0.1, -0.05) is 38.1 Å². The molecule has 0 saturated heterocycles. The highest BCUT2D eigenvalue weighted by Crippen LogP contribution is 2.14. The Hall–Kier alpha value is -3.02. The number of carbonyl (C=O) groups excluding carboxylic acids is 1. The number of benzene rings is 1. The van der Waals surface area contributed by atoms with Gasteiger partial charge in [0.1, 0.15) is 0 Å². The van der Waals surface area contributed by atoms with Crippen LogP contribution in [-0.2, 0) is 24.3 Å². The second-order valence-electron chi connectivity index (χ2n) is 6.69. The van der Waals surface area contributed by atoms with Crippen LogP contribution in [0, 0.1) is 5.92 Å². The molecule has 0 radical (unpaired) electrons. The lowest BCUT2D eigenvalue weighted by Gasteiger charge is -2.12. The molecule has 1 aromatic carbocycles. The van der Waals surface area contributed by atoms with Crippen LogP contribution in [0.25, 0.3) is 10.8 Å². The van der Waals surface area contributed by atoms with Crippen LogP contribution < -0.4 is 10.9 Å².